The SMILES string of the molecule is Cc1cc(C(=O)CN(C)C2CCCCC2)c(C)n1-c1ccc(I)cc1. The number of likely N-dealkylation sites (N-methyl/N-ethyl adjacent to an activating group) is 1. The second-order valence-corrected chi connectivity index (χ2v) is 8.47. The molecule has 1 fully saturated rings. The summed E-state index contributed by atoms with van der Waals surface area (Å²) in [7, 11) is 2.10. The number of Topliss-reactive ketones (excluding diaryl/α,β-unsaturated/α-hetero) is 1. The van der Waals surface area contributed by atoms with Crippen LogP contribution < -0.4 is 0 Å². The predicted octanol–water partition coefficient (Wildman–Crippen LogP) is 5.15. The van der Waals surface area contributed by atoms with Crippen molar-refractivity contribution in [2.75, 3.05) is 13.6 Å². The Balaban J connectivity index is 1.79. The second-order valence-electron chi connectivity index (χ2n) is 7.23. The van der Waals surface area contributed by atoms with E-state index >= 15 is 0 Å². The van der Waals surface area contributed by atoms with Crippen molar-refractivity contribution in [3.05, 3.63) is 50.9 Å². The number of carbonyl (C=O) groups excluding carboxylic acids is 1. The molecule has 1 aromatic carbocycles. The summed E-state index contributed by atoms with van der Waals surface area (Å²) in [6, 6.07) is 11.1. The smallest absolute Gasteiger partial charge is 0.178 e. The molecule has 0 radical (unpaired) electrons. The summed E-state index contributed by atoms with van der Waals surface area (Å²) in [4.78, 5) is 15.2. The van der Waals surface area contributed by atoms with Gasteiger partial charge in [0.2, 0.25) is 0 Å². The van der Waals surface area contributed by atoms with Crippen molar-refractivity contribution in [1.82, 2.24) is 9.47 Å². The first kappa shape index (κ1) is 18.6. The van der Waals surface area contributed by atoms with E-state index in [9.17, 15) is 4.79 Å². The van der Waals surface area contributed by atoms with Crippen molar-refractivity contribution in [3.63, 3.8) is 0 Å². The minimum atomic E-state index is 0.234. The van der Waals surface area contributed by atoms with Crippen molar-refractivity contribution < 1.29 is 4.79 Å². The van der Waals surface area contributed by atoms with Gasteiger partial charge < -0.3 is 4.57 Å². The van der Waals surface area contributed by atoms with Gasteiger partial charge in [0.1, 0.15) is 0 Å². The Morgan fingerprint density at radius 3 is 2.44 bits per heavy atom. The van der Waals surface area contributed by atoms with Gasteiger partial charge in [0.05, 0.1) is 6.54 Å². The summed E-state index contributed by atoms with van der Waals surface area (Å²) in [5, 5.41) is 0. The summed E-state index contributed by atoms with van der Waals surface area (Å²) >= 11 is 2.31. The number of hydrogen-bond donors (Lipinski definition) is 0. The van der Waals surface area contributed by atoms with Gasteiger partial charge in [0.25, 0.3) is 0 Å². The lowest BCUT2D eigenvalue weighted by molar-refractivity contribution is 0.0899. The van der Waals surface area contributed by atoms with Gasteiger partial charge in [-0.25, -0.2) is 0 Å². The molecule has 25 heavy (non-hydrogen) atoms. The van der Waals surface area contributed by atoms with Crippen LogP contribution in [0.15, 0.2) is 30.3 Å². The molecule has 1 aromatic heterocycles. The molecule has 0 N–H and O–H groups in total. The van der Waals surface area contributed by atoms with Crippen LogP contribution in [0.25, 0.3) is 5.69 Å². The predicted molar refractivity (Wildman–Crippen MR) is 112 cm³/mol. The molecule has 3 nitrogen and oxygen atoms in total. The zero-order valence-corrected chi connectivity index (χ0v) is 17.5. The first-order valence-corrected chi connectivity index (χ1v) is 10.2. The standard InChI is InChI=1S/C21H27IN2O/c1-15-13-20(16(2)24(15)19-11-9-17(22)10-12-19)21(25)14-23(3)18-7-5-4-6-8-18/h9-13,18H,4-8,14H2,1-3H3. The monoisotopic (exact) mass is 450 g/mol. The molecule has 1 aliphatic carbocycles. The number of aryl methyl sites for hydroxylation is 1. The number of nitrogens with zero attached hydrogens (tertiary/aromatic N) is 2. The molecule has 1 aliphatic rings. The first-order valence-electron chi connectivity index (χ1n) is 9.15. The number of rotatable bonds is 5. The van der Waals surface area contributed by atoms with Crippen LogP contribution in [-0.4, -0.2) is 34.9 Å². The molecule has 0 aliphatic heterocycles. The fraction of sp³-hybridized carbons (Fsp3) is 0.476. The normalized spacial score (nSPS) is 15.7. The van der Waals surface area contributed by atoms with Crippen molar-refractivity contribution in [2.45, 2.75) is 52.0 Å². The second kappa shape index (κ2) is 8.04. The Labute approximate surface area is 164 Å². The molecule has 0 unspecified atom stereocenters. The Morgan fingerprint density at radius 1 is 1.16 bits per heavy atom. The van der Waals surface area contributed by atoms with Crippen molar-refractivity contribution in [2.24, 2.45) is 0 Å². The first-order chi connectivity index (χ1) is 12.0. The number of benzene rings is 1. The van der Waals surface area contributed by atoms with E-state index in [0.29, 0.717) is 12.6 Å². The van der Waals surface area contributed by atoms with Crippen LogP contribution >= 0.6 is 22.6 Å². The lowest BCUT2D eigenvalue weighted by atomic mass is 9.94. The minimum Gasteiger partial charge on any atom is -0.318 e. The van der Waals surface area contributed by atoms with Gasteiger partial charge in [-0.05, 0) is 86.7 Å². The van der Waals surface area contributed by atoms with Crippen molar-refractivity contribution >= 4 is 28.4 Å². The highest BCUT2D eigenvalue weighted by molar-refractivity contribution is 14.1. The van der Waals surface area contributed by atoms with Gasteiger partial charge in [-0.1, -0.05) is 19.3 Å². The largest absolute Gasteiger partial charge is 0.318 e. The Hall–Kier alpha value is -1.14. The topological polar surface area (TPSA) is 25.2 Å². The molecule has 2 aromatic rings. The van der Waals surface area contributed by atoms with E-state index in [0.717, 1.165) is 22.6 Å². The third kappa shape index (κ3) is 4.17. The number of aromatic nitrogens is 1. The maximum atomic E-state index is 12.9. The molecule has 1 heterocycles. The molecule has 1 saturated carbocycles. The van der Waals surface area contributed by atoms with Crippen LogP contribution in [0.1, 0.15) is 53.8 Å². The van der Waals surface area contributed by atoms with E-state index in [-0.39, 0.29) is 5.78 Å². The fourth-order valence-electron chi connectivity index (χ4n) is 4.00. The average Bonchev–Trinajstić information content (AvgIpc) is 2.91. The minimum absolute atomic E-state index is 0.234. The third-order valence-corrected chi connectivity index (χ3v) is 6.13. The number of hydrogen-bond acceptors (Lipinski definition) is 2. The number of halogens is 1. The van der Waals surface area contributed by atoms with Gasteiger partial charge >= 0.3 is 0 Å². The molecule has 0 saturated heterocycles. The van der Waals surface area contributed by atoms with E-state index in [1.165, 1.54) is 35.7 Å². The van der Waals surface area contributed by atoms with Gasteiger partial charge in [-0.3, -0.25) is 9.69 Å². The molecule has 0 atom stereocenters. The third-order valence-electron chi connectivity index (χ3n) is 5.41. The molecular weight excluding hydrogens is 423 g/mol. The van der Waals surface area contributed by atoms with Crippen LogP contribution in [0.4, 0.5) is 0 Å². The molecule has 4 heteroatoms. The maximum absolute atomic E-state index is 12.9. The highest BCUT2D eigenvalue weighted by Crippen LogP contribution is 2.24. The van der Waals surface area contributed by atoms with E-state index in [1.807, 2.05) is 6.07 Å². The summed E-state index contributed by atoms with van der Waals surface area (Å²) in [5.41, 5.74) is 4.14. The molecule has 0 spiro atoms. The quantitative estimate of drug-likeness (QED) is 0.465. The van der Waals surface area contributed by atoms with Crippen LogP contribution in [0.3, 0.4) is 0 Å². The van der Waals surface area contributed by atoms with E-state index < -0.39 is 0 Å². The number of carbonyl (C=O) groups is 1. The summed E-state index contributed by atoms with van der Waals surface area (Å²) in [5.74, 6) is 0.234. The average molecular weight is 450 g/mol. The van der Waals surface area contributed by atoms with Gasteiger partial charge in [-0.15, -0.1) is 0 Å². The summed E-state index contributed by atoms with van der Waals surface area (Å²) < 4.78 is 3.40. The van der Waals surface area contributed by atoms with Crippen LogP contribution in [0.5, 0.6) is 0 Å². The Bertz CT molecular complexity index is 742. The van der Waals surface area contributed by atoms with Crippen molar-refractivity contribution in [3.8, 4) is 5.69 Å². The Morgan fingerprint density at radius 2 is 1.80 bits per heavy atom. The number of ketones is 1. The van der Waals surface area contributed by atoms with Gasteiger partial charge in [0, 0.05) is 32.3 Å². The lowest BCUT2D eigenvalue weighted by Gasteiger charge is -2.30. The highest BCUT2D eigenvalue weighted by atomic mass is 127. The van der Waals surface area contributed by atoms with E-state index in [1.54, 1.807) is 0 Å². The molecular formula is C21H27IN2O. The Kier molecular flexibility index (Phi) is 6.00. The summed E-state index contributed by atoms with van der Waals surface area (Å²) in [6.07, 6.45) is 6.39. The van der Waals surface area contributed by atoms with Crippen LogP contribution in [0, 0.1) is 17.4 Å². The highest BCUT2D eigenvalue weighted by Gasteiger charge is 2.22. The van der Waals surface area contributed by atoms with Gasteiger partial charge in [-0.2, -0.15) is 0 Å². The zero-order chi connectivity index (χ0) is 18.0. The zero-order valence-electron chi connectivity index (χ0n) is 15.4. The van der Waals surface area contributed by atoms with E-state index in [2.05, 4.69) is 77.2 Å². The van der Waals surface area contributed by atoms with Gasteiger partial charge in [0.15, 0.2) is 5.78 Å². The maximum Gasteiger partial charge on any atom is 0.178 e. The molecule has 134 valence electrons. The van der Waals surface area contributed by atoms with Crippen LogP contribution in [0.2, 0.25) is 0 Å². The summed E-state index contributed by atoms with van der Waals surface area (Å²) in [6.45, 7) is 4.65. The van der Waals surface area contributed by atoms with Crippen LogP contribution in [-0.2, 0) is 0 Å². The molecule has 0 bridgehead atoms. The molecule has 0 amide bonds. The fourth-order valence-corrected chi connectivity index (χ4v) is 4.35. The van der Waals surface area contributed by atoms with E-state index in [4.69, 9.17) is 0 Å². The molecule has 3 rings (SSSR count). The lowest BCUT2D eigenvalue weighted by Crippen LogP contribution is -2.37. The van der Waals surface area contributed by atoms with Crippen molar-refractivity contribution in [1.29, 1.82) is 0 Å².